The van der Waals surface area contributed by atoms with Crippen LogP contribution >= 0.6 is 0 Å². The highest BCUT2D eigenvalue weighted by atomic mass is 32.2. The van der Waals surface area contributed by atoms with Crippen molar-refractivity contribution in [2.24, 2.45) is 27.2 Å². The molecule has 1 aliphatic heterocycles. The van der Waals surface area contributed by atoms with Crippen LogP contribution in [0, 0.1) is 0 Å². The molecule has 0 aliphatic carbocycles. The standard InChI is InChI=1S/C12H18N6O3S/c13-11(14)17-12(15)16-9-1-3-10(4-2-9)22(19,20)18-5-7-21-8-6-18/h1-4H,5-8H2,(H6,13,14,15,16,17). The number of nitrogens with two attached hydrogens (primary N) is 3. The second kappa shape index (κ2) is 6.73. The van der Waals surface area contributed by atoms with Gasteiger partial charge in [0.2, 0.25) is 16.0 Å². The molecule has 0 spiro atoms. The van der Waals surface area contributed by atoms with Crippen LogP contribution in [0.5, 0.6) is 0 Å². The zero-order valence-electron chi connectivity index (χ0n) is 11.8. The topological polar surface area (TPSA) is 149 Å². The second-order valence-electron chi connectivity index (χ2n) is 4.52. The monoisotopic (exact) mass is 326 g/mol. The first kappa shape index (κ1) is 16.2. The highest BCUT2D eigenvalue weighted by Crippen LogP contribution is 2.20. The van der Waals surface area contributed by atoms with Crippen molar-refractivity contribution in [2.45, 2.75) is 4.90 Å². The molecule has 6 N–H and O–H groups in total. The van der Waals surface area contributed by atoms with Crippen molar-refractivity contribution in [2.75, 3.05) is 26.3 Å². The van der Waals surface area contributed by atoms with Crippen LogP contribution in [-0.4, -0.2) is 50.9 Å². The Kier molecular flexibility index (Phi) is 4.96. The molecule has 1 saturated heterocycles. The van der Waals surface area contributed by atoms with E-state index in [1.165, 1.54) is 28.6 Å². The third kappa shape index (κ3) is 3.93. The SMILES string of the molecule is NC(N)=NC(N)=Nc1ccc(S(=O)(=O)N2CCOCC2)cc1. The zero-order chi connectivity index (χ0) is 16.2. The Bertz CT molecular complexity index is 673. The van der Waals surface area contributed by atoms with E-state index in [0.29, 0.717) is 32.0 Å². The van der Waals surface area contributed by atoms with E-state index in [-0.39, 0.29) is 16.8 Å². The molecule has 1 fully saturated rings. The molecule has 10 heteroatoms. The van der Waals surface area contributed by atoms with Crippen molar-refractivity contribution in [1.29, 1.82) is 0 Å². The first-order chi connectivity index (χ1) is 10.4. The van der Waals surface area contributed by atoms with Crippen LogP contribution < -0.4 is 17.2 Å². The average molecular weight is 326 g/mol. The fourth-order valence-corrected chi connectivity index (χ4v) is 3.33. The largest absolute Gasteiger partial charge is 0.379 e. The molecule has 1 aliphatic rings. The van der Waals surface area contributed by atoms with E-state index in [0.717, 1.165) is 0 Å². The van der Waals surface area contributed by atoms with E-state index in [1.54, 1.807) is 0 Å². The Hall–Kier alpha value is -2.17. The fraction of sp³-hybridized carbons (Fsp3) is 0.333. The van der Waals surface area contributed by atoms with Crippen molar-refractivity contribution in [3.05, 3.63) is 24.3 Å². The molecule has 0 atom stereocenters. The molecule has 1 aromatic rings. The molecular formula is C12H18N6O3S. The maximum absolute atomic E-state index is 12.4. The highest BCUT2D eigenvalue weighted by molar-refractivity contribution is 7.89. The van der Waals surface area contributed by atoms with Gasteiger partial charge in [-0.05, 0) is 24.3 Å². The molecule has 22 heavy (non-hydrogen) atoms. The Morgan fingerprint density at radius 2 is 1.68 bits per heavy atom. The van der Waals surface area contributed by atoms with Gasteiger partial charge in [-0.1, -0.05) is 0 Å². The van der Waals surface area contributed by atoms with Crippen LogP contribution in [0.1, 0.15) is 0 Å². The number of guanidine groups is 2. The highest BCUT2D eigenvalue weighted by Gasteiger charge is 2.25. The van der Waals surface area contributed by atoms with Crippen molar-refractivity contribution >= 4 is 27.6 Å². The number of aliphatic imine (C=N–C) groups is 2. The van der Waals surface area contributed by atoms with Gasteiger partial charge in [0.15, 0.2) is 5.96 Å². The van der Waals surface area contributed by atoms with E-state index in [4.69, 9.17) is 21.9 Å². The van der Waals surface area contributed by atoms with Crippen molar-refractivity contribution < 1.29 is 13.2 Å². The summed E-state index contributed by atoms with van der Waals surface area (Å²) in [6.07, 6.45) is 0. The first-order valence-electron chi connectivity index (χ1n) is 6.51. The van der Waals surface area contributed by atoms with E-state index in [2.05, 4.69) is 9.98 Å². The summed E-state index contributed by atoms with van der Waals surface area (Å²) in [6, 6.07) is 5.99. The van der Waals surface area contributed by atoms with E-state index < -0.39 is 10.0 Å². The Labute approximate surface area is 128 Å². The molecule has 0 amide bonds. The summed E-state index contributed by atoms with van der Waals surface area (Å²) < 4.78 is 31.4. The van der Waals surface area contributed by atoms with Gasteiger partial charge >= 0.3 is 0 Å². The predicted octanol–water partition coefficient (Wildman–Crippen LogP) is -1.07. The summed E-state index contributed by atoms with van der Waals surface area (Å²) in [7, 11) is -3.52. The lowest BCUT2D eigenvalue weighted by atomic mass is 10.3. The van der Waals surface area contributed by atoms with E-state index >= 15 is 0 Å². The molecule has 2 rings (SSSR count). The number of nitrogens with zero attached hydrogens (tertiary/aromatic N) is 3. The third-order valence-corrected chi connectivity index (χ3v) is 4.84. The van der Waals surface area contributed by atoms with Crippen molar-refractivity contribution in [1.82, 2.24) is 4.31 Å². The molecule has 0 bridgehead atoms. The minimum atomic E-state index is -3.52. The molecule has 0 saturated carbocycles. The fourth-order valence-electron chi connectivity index (χ4n) is 1.92. The molecule has 1 heterocycles. The molecule has 0 aromatic heterocycles. The summed E-state index contributed by atoms with van der Waals surface area (Å²) in [5.41, 5.74) is 16.3. The number of benzene rings is 1. The average Bonchev–Trinajstić information content (AvgIpc) is 2.48. The molecule has 0 unspecified atom stereocenters. The van der Waals surface area contributed by atoms with E-state index in [1.807, 2.05) is 0 Å². The van der Waals surface area contributed by atoms with Gasteiger partial charge in [0.25, 0.3) is 0 Å². The second-order valence-corrected chi connectivity index (χ2v) is 6.45. The number of ether oxygens (including phenoxy) is 1. The maximum Gasteiger partial charge on any atom is 0.243 e. The van der Waals surface area contributed by atoms with Crippen molar-refractivity contribution in [3.8, 4) is 0 Å². The Morgan fingerprint density at radius 3 is 2.23 bits per heavy atom. The number of hydrogen-bond acceptors (Lipinski definition) is 4. The molecular weight excluding hydrogens is 308 g/mol. The number of morpholine rings is 1. The van der Waals surface area contributed by atoms with Gasteiger partial charge in [0, 0.05) is 13.1 Å². The zero-order valence-corrected chi connectivity index (χ0v) is 12.7. The van der Waals surface area contributed by atoms with Crippen LogP contribution in [-0.2, 0) is 14.8 Å². The predicted molar refractivity (Wildman–Crippen MR) is 83.1 cm³/mol. The van der Waals surface area contributed by atoms with Gasteiger partial charge in [0.1, 0.15) is 0 Å². The lowest BCUT2D eigenvalue weighted by Crippen LogP contribution is -2.40. The molecule has 120 valence electrons. The first-order valence-corrected chi connectivity index (χ1v) is 7.95. The summed E-state index contributed by atoms with van der Waals surface area (Å²) in [5, 5.41) is 0. The van der Waals surface area contributed by atoms with Gasteiger partial charge in [-0.2, -0.15) is 9.30 Å². The van der Waals surface area contributed by atoms with Crippen molar-refractivity contribution in [3.63, 3.8) is 0 Å². The molecule has 0 radical (unpaired) electrons. The maximum atomic E-state index is 12.4. The van der Waals surface area contributed by atoms with Crippen LogP contribution in [0.2, 0.25) is 0 Å². The summed E-state index contributed by atoms with van der Waals surface area (Å²) in [4.78, 5) is 7.72. The Morgan fingerprint density at radius 1 is 1.09 bits per heavy atom. The Balaban J connectivity index is 2.19. The van der Waals surface area contributed by atoms with Gasteiger partial charge in [0.05, 0.1) is 23.8 Å². The number of rotatable bonds is 3. The number of sulfonamides is 1. The minimum Gasteiger partial charge on any atom is -0.379 e. The molecule has 9 nitrogen and oxygen atoms in total. The number of hydrogen-bond donors (Lipinski definition) is 3. The minimum absolute atomic E-state index is 0.108. The third-order valence-electron chi connectivity index (χ3n) is 2.93. The smallest absolute Gasteiger partial charge is 0.243 e. The van der Waals surface area contributed by atoms with Gasteiger partial charge in [-0.15, -0.1) is 0 Å². The summed E-state index contributed by atoms with van der Waals surface area (Å²) in [6.45, 7) is 1.49. The lowest BCUT2D eigenvalue weighted by Gasteiger charge is -2.26. The molecule has 1 aromatic carbocycles. The van der Waals surface area contributed by atoms with E-state index in [9.17, 15) is 8.42 Å². The quantitative estimate of drug-likeness (QED) is 0.475. The summed E-state index contributed by atoms with van der Waals surface area (Å²) >= 11 is 0. The lowest BCUT2D eigenvalue weighted by molar-refractivity contribution is 0.0730. The van der Waals surface area contributed by atoms with Gasteiger partial charge in [-0.25, -0.2) is 13.4 Å². The van der Waals surface area contributed by atoms with Crippen LogP contribution in [0.15, 0.2) is 39.1 Å². The van der Waals surface area contributed by atoms with Crippen LogP contribution in [0.3, 0.4) is 0 Å². The van der Waals surface area contributed by atoms with Crippen LogP contribution in [0.4, 0.5) is 5.69 Å². The van der Waals surface area contributed by atoms with Gasteiger partial charge < -0.3 is 21.9 Å². The summed E-state index contributed by atoms with van der Waals surface area (Å²) in [5.74, 6) is -0.309. The van der Waals surface area contributed by atoms with Crippen LogP contribution in [0.25, 0.3) is 0 Å². The van der Waals surface area contributed by atoms with Gasteiger partial charge in [-0.3, -0.25) is 0 Å². The normalized spacial score (nSPS) is 17.2.